The van der Waals surface area contributed by atoms with Gasteiger partial charge in [0.05, 0.1) is 11.7 Å². The van der Waals surface area contributed by atoms with E-state index in [2.05, 4.69) is 20.8 Å². The second-order valence-electron chi connectivity index (χ2n) is 6.55. The molecule has 2 aliphatic carbocycles. The SMILES string of the molecule is CCO[C@H]1C[C@@H](NC(=O)c2ccc3nnnn3c2)C12CCCC2. The van der Waals surface area contributed by atoms with Crippen molar-refractivity contribution in [3.05, 3.63) is 23.9 Å². The van der Waals surface area contributed by atoms with Gasteiger partial charge in [0.1, 0.15) is 0 Å². The number of hydrogen-bond donors (Lipinski definition) is 1. The van der Waals surface area contributed by atoms with Crippen LogP contribution in [0.3, 0.4) is 0 Å². The Morgan fingerprint density at radius 1 is 1.43 bits per heavy atom. The maximum absolute atomic E-state index is 12.6. The quantitative estimate of drug-likeness (QED) is 0.926. The fourth-order valence-corrected chi connectivity index (χ4v) is 4.21. The number of aromatic nitrogens is 4. The lowest BCUT2D eigenvalue weighted by atomic mass is 9.60. The summed E-state index contributed by atoms with van der Waals surface area (Å²) in [7, 11) is 0. The van der Waals surface area contributed by atoms with Crippen LogP contribution in [0.2, 0.25) is 0 Å². The minimum absolute atomic E-state index is 0.0615. The lowest BCUT2D eigenvalue weighted by molar-refractivity contribution is -0.127. The first-order chi connectivity index (χ1) is 11.2. The Kier molecular flexibility index (Phi) is 3.52. The Balaban J connectivity index is 1.50. The first-order valence-corrected chi connectivity index (χ1v) is 8.33. The Morgan fingerprint density at radius 2 is 2.26 bits per heavy atom. The van der Waals surface area contributed by atoms with Crippen LogP contribution < -0.4 is 5.32 Å². The van der Waals surface area contributed by atoms with Crippen molar-refractivity contribution in [3.8, 4) is 0 Å². The molecule has 2 atom stereocenters. The molecule has 0 saturated heterocycles. The Labute approximate surface area is 134 Å². The van der Waals surface area contributed by atoms with Gasteiger partial charge in [-0.1, -0.05) is 12.8 Å². The molecule has 0 aromatic carbocycles. The summed E-state index contributed by atoms with van der Waals surface area (Å²) in [6, 6.07) is 3.73. The van der Waals surface area contributed by atoms with E-state index in [1.165, 1.54) is 17.4 Å². The van der Waals surface area contributed by atoms with Crippen LogP contribution in [-0.2, 0) is 4.74 Å². The van der Waals surface area contributed by atoms with Crippen molar-refractivity contribution >= 4 is 11.6 Å². The van der Waals surface area contributed by atoms with Crippen LogP contribution in [0.5, 0.6) is 0 Å². The standard InChI is InChI=1S/C16H21N5O2/c1-2-23-13-9-12(16(13)7-3-4-8-16)17-15(22)11-5-6-14-18-19-20-21(14)10-11/h5-6,10,12-13H,2-4,7-9H2,1H3,(H,17,22)/t12-,13+/m1/s1. The number of carbonyl (C=O) groups excluding carboxylic acids is 1. The second-order valence-corrected chi connectivity index (χ2v) is 6.55. The van der Waals surface area contributed by atoms with Gasteiger partial charge in [0.15, 0.2) is 5.65 Å². The molecule has 23 heavy (non-hydrogen) atoms. The monoisotopic (exact) mass is 315 g/mol. The molecule has 1 spiro atoms. The number of nitrogens with zero attached hydrogens (tertiary/aromatic N) is 4. The highest BCUT2D eigenvalue weighted by Gasteiger charge is 2.57. The predicted molar refractivity (Wildman–Crippen MR) is 83.0 cm³/mol. The van der Waals surface area contributed by atoms with Crippen molar-refractivity contribution in [3.63, 3.8) is 0 Å². The molecular weight excluding hydrogens is 294 g/mol. The summed E-state index contributed by atoms with van der Waals surface area (Å²) < 4.78 is 7.42. The largest absolute Gasteiger partial charge is 0.378 e. The molecule has 2 heterocycles. The number of amides is 1. The average molecular weight is 315 g/mol. The van der Waals surface area contributed by atoms with E-state index in [0.29, 0.717) is 17.3 Å². The lowest BCUT2D eigenvalue weighted by Gasteiger charge is -2.54. The van der Waals surface area contributed by atoms with Gasteiger partial charge in [0.25, 0.3) is 5.91 Å². The molecule has 2 fully saturated rings. The first kappa shape index (κ1) is 14.6. The minimum atomic E-state index is -0.0615. The van der Waals surface area contributed by atoms with E-state index < -0.39 is 0 Å². The highest BCUT2D eigenvalue weighted by molar-refractivity contribution is 5.94. The molecule has 0 bridgehead atoms. The molecule has 2 aliphatic rings. The molecule has 4 rings (SSSR count). The molecule has 2 aromatic heterocycles. The van der Waals surface area contributed by atoms with Gasteiger partial charge >= 0.3 is 0 Å². The van der Waals surface area contributed by atoms with E-state index in [9.17, 15) is 4.79 Å². The molecule has 0 radical (unpaired) electrons. The van der Waals surface area contributed by atoms with E-state index in [1.54, 1.807) is 18.3 Å². The van der Waals surface area contributed by atoms with Crippen LogP contribution in [-0.4, -0.2) is 44.7 Å². The molecule has 7 nitrogen and oxygen atoms in total. The van der Waals surface area contributed by atoms with Crippen LogP contribution >= 0.6 is 0 Å². The van der Waals surface area contributed by atoms with Gasteiger partial charge in [-0.15, -0.1) is 5.10 Å². The topological polar surface area (TPSA) is 81.4 Å². The molecule has 0 unspecified atom stereocenters. The number of hydrogen-bond acceptors (Lipinski definition) is 5. The third-order valence-corrected chi connectivity index (χ3v) is 5.45. The molecular formula is C16H21N5O2. The van der Waals surface area contributed by atoms with Gasteiger partial charge in [0.2, 0.25) is 0 Å². The van der Waals surface area contributed by atoms with Gasteiger partial charge < -0.3 is 10.1 Å². The van der Waals surface area contributed by atoms with Gasteiger partial charge in [-0.3, -0.25) is 4.79 Å². The summed E-state index contributed by atoms with van der Waals surface area (Å²) in [5.74, 6) is -0.0615. The van der Waals surface area contributed by atoms with Crippen LogP contribution in [0, 0.1) is 5.41 Å². The van der Waals surface area contributed by atoms with Crippen LogP contribution in [0.1, 0.15) is 49.4 Å². The molecule has 2 aromatic rings. The van der Waals surface area contributed by atoms with Crippen molar-refractivity contribution in [2.24, 2.45) is 5.41 Å². The van der Waals surface area contributed by atoms with Gasteiger partial charge in [-0.2, -0.15) is 4.52 Å². The van der Waals surface area contributed by atoms with Crippen LogP contribution in [0.15, 0.2) is 18.3 Å². The lowest BCUT2D eigenvalue weighted by Crippen LogP contribution is -2.63. The molecule has 7 heteroatoms. The summed E-state index contributed by atoms with van der Waals surface area (Å²) in [6.45, 7) is 2.78. The number of carbonyl (C=O) groups is 1. The summed E-state index contributed by atoms with van der Waals surface area (Å²) in [4.78, 5) is 12.6. The number of ether oxygens (including phenoxy) is 1. The summed E-state index contributed by atoms with van der Waals surface area (Å²) in [6.07, 6.45) is 7.63. The van der Waals surface area contributed by atoms with Crippen molar-refractivity contribution in [2.45, 2.75) is 51.2 Å². The normalized spacial score (nSPS) is 25.6. The number of rotatable bonds is 4. The minimum Gasteiger partial charge on any atom is -0.378 e. The molecule has 1 amide bonds. The van der Waals surface area contributed by atoms with Crippen molar-refractivity contribution < 1.29 is 9.53 Å². The summed E-state index contributed by atoms with van der Waals surface area (Å²) in [5.41, 5.74) is 1.36. The highest BCUT2D eigenvalue weighted by atomic mass is 16.5. The zero-order chi connectivity index (χ0) is 15.9. The smallest absolute Gasteiger partial charge is 0.253 e. The average Bonchev–Trinajstić information content (AvgIpc) is 3.23. The summed E-state index contributed by atoms with van der Waals surface area (Å²) >= 11 is 0. The van der Waals surface area contributed by atoms with Gasteiger partial charge in [-0.25, -0.2) is 0 Å². The zero-order valence-corrected chi connectivity index (χ0v) is 13.2. The third-order valence-electron chi connectivity index (χ3n) is 5.45. The third kappa shape index (κ3) is 2.30. The predicted octanol–water partition coefficient (Wildman–Crippen LogP) is 1.59. The maximum Gasteiger partial charge on any atom is 0.253 e. The van der Waals surface area contributed by atoms with Crippen molar-refractivity contribution in [2.75, 3.05) is 6.61 Å². The van der Waals surface area contributed by atoms with E-state index in [0.717, 1.165) is 25.9 Å². The molecule has 1 N–H and O–H groups in total. The highest BCUT2D eigenvalue weighted by Crippen LogP contribution is 2.54. The van der Waals surface area contributed by atoms with Crippen LogP contribution in [0.25, 0.3) is 5.65 Å². The number of pyridine rings is 1. The van der Waals surface area contributed by atoms with Crippen LogP contribution in [0.4, 0.5) is 0 Å². The van der Waals surface area contributed by atoms with Gasteiger partial charge in [0, 0.05) is 24.3 Å². The molecule has 0 aliphatic heterocycles. The van der Waals surface area contributed by atoms with E-state index >= 15 is 0 Å². The molecule has 122 valence electrons. The van der Waals surface area contributed by atoms with Crippen molar-refractivity contribution in [1.82, 2.24) is 25.4 Å². The Hall–Kier alpha value is -2.02. The fourth-order valence-electron chi connectivity index (χ4n) is 4.21. The van der Waals surface area contributed by atoms with E-state index in [-0.39, 0.29) is 17.4 Å². The van der Waals surface area contributed by atoms with Crippen molar-refractivity contribution in [1.29, 1.82) is 0 Å². The number of tetrazole rings is 1. The molecule has 2 saturated carbocycles. The van der Waals surface area contributed by atoms with E-state index in [4.69, 9.17) is 4.74 Å². The summed E-state index contributed by atoms with van der Waals surface area (Å²) in [5, 5.41) is 14.5. The first-order valence-electron chi connectivity index (χ1n) is 8.33. The van der Waals surface area contributed by atoms with Gasteiger partial charge in [-0.05, 0) is 48.7 Å². The zero-order valence-electron chi connectivity index (χ0n) is 13.2. The maximum atomic E-state index is 12.6. The second kappa shape index (κ2) is 5.56. The van der Waals surface area contributed by atoms with E-state index in [1.807, 2.05) is 6.92 Å². The Bertz CT molecular complexity index is 722. The Morgan fingerprint density at radius 3 is 3.04 bits per heavy atom. The number of nitrogens with one attached hydrogen (secondary N) is 1. The number of fused-ring (bicyclic) bond motifs is 1. The fraction of sp³-hybridized carbons (Fsp3) is 0.625.